The van der Waals surface area contributed by atoms with Gasteiger partial charge in [-0.2, -0.15) is 0 Å². The van der Waals surface area contributed by atoms with Gasteiger partial charge in [-0.05, 0) is 54.4 Å². The zero-order valence-corrected chi connectivity index (χ0v) is 18.0. The predicted octanol–water partition coefficient (Wildman–Crippen LogP) is 4.63. The van der Waals surface area contributed by atoms with Crippen LogP contribution in [0, 0.1) is 6.92 Å². The number of urea groups is 1. The van der Waals surface area contributed by atoms with Gasteiger partial charge >= 0.3 is 12.0 Å². The molecular formula is C24H22ClN3O4. The lowest BCUT2D eigenvalue weighted by Crippen LogP contribution is -2.45. The smallest absolute Gasteiger partial charge is 0.331 e. The minimum absolute atomic E-state index is 0.378. The Bertz CT molecular complexity index is 1100. The van der Waals surface area contributed by atoms with Gasteiger partial charge in [0.15, 0.2) is 6.04 Å². The highest BCUT2D eigenvalue weighted by molar-refractivity contribution is 6.30. The summed E-state index contributed by atoms with van der Waals surface area (Å²) in [6.07, 6.45) is 0. The average molecular weight is 452 g/mol. The Balaban J connectivity index is 1.81. The lowest BCUT2D eigenvalue weighted by Gasteiger charge is -2.29. The number of nitrogens with zero attached hydrogens (tertiary/aromatic N) is 1. The van der Waals surface area contributed by atoms with Gasteiger partial charge in [-0.1, -0.05) is 54.1 Å². The van der Waals surface area contributed by atoms with Crippen LogP contribution in [-0.4, -0.2) is 29.6 Å². The molecule has 3 rings (SSSR count). The molecule has 3 N–H and O–H groups in total. The van der Waals surface area contributed by atoms with Crippen LogP contribution in [0.15, 0.2) is 78.9 Å². The summed E-state index contributed by atoms with van der Waals surface area (Å²) in [5.74, 6) is -1.80. The number of hydrogen-bond donors (Lipinski definition) is 3. The second-order valence-corrected chi connectivity index (χ2v) is 7.51. The number of carbonyl (C=O) groups excluding carboxylic acids is 2. The second-order valence-electron chi connectivity index (χ2n) is 7.07. The fourth-order valence-corrected chi connectivity index (χ4v) is 3.34. The molecule has 0 radical (unpaired) electrons. The van der Waals surface area contributed by atoms with Crippen LogP contribution in [0.3, 0.4) is 0 Å². The van der Waals surface area contributed by atoms with Gasteiger partial charge in [-0.25, -0.2) is 9.59 Å². The molecule has 3 aromatic rings. The highest BCUT2D eigenvalue weighted by Crippen LogP contribution is 2.28. The fourth-order valence-electron chi connectivity index (χ4n) is 3.21. The number of benzene rings is 3. The molecule has 0 saturated carbocycles. The summed E-state index contributed by atoms with van der Waals surface area (Å²) in [6, 6.07) is 20.0. The minimum atomic E-state index is -1.30. The van der Waals surface area contributed by atoms with E-state index >= 15 is 0 Å². The lowest BCUT2D eigenvalue weighted by atomic mass is 10.0. The van der Waals surface area contributed by atoms with Gasteiger partial charge in [-0.15, -0.1) is 0 Å². The SMILES string of the molecule is Cc1cccc(NC(=O)NCC(=O)N(c2ccccc2)C(C(=O)O)c2ccc(Cl)cc2)c1. The molecule has 1 atom stereocenters. The van der Waals surface area contributed by atoms with Crippen molar-refractivity contribution in [1.29, 1.82) is 0 Å². The molecular weight excluding hydrogens is 430 g/mol. The molecule has 0 aliphatic carbocycles. The third kappa shape index (κ3) is 5.86. The van der Waals surface area contributed by atoms with Gasteiger partial charge in [0.1, 0.15) is 0 Å². The molecule has 0 aromatic heterocycles. The van der Waals surface area contributed by atoms with Gasteiger partial charge in [0.2, 0.25) is 5.91 Å². The van der Waals surface area contributed by atoms with E-state index in [1.165, 1.54) is 0 Å². The molecule has 7 nitrogen and oxygen atoms in total. The summed E-state index contributed by atoms with van der Waals surface area (Å²) in [6.45, 7) is 1.50. The van der Waals surface area contributed by atoms with Crippen LogP contribution < -0.4 is 15.5 Å². The molecule has 0 aliphatic heterocycles. The number of anilines is 2. The maximum absolute atomic E-state index is 13.1. The number of halogens is 1. The quantitative estimate of drug-likeness (QED) is 0.487. The number of para-hydroxylation sites is 1. The Morgan fingerprint density at radius 2 is 1.66 bits per heavy atom. The van der Waals surface area contributed by atoms with Crippen molar-refractivity contribution in [2.24, 2.45) is 0 Å². The molecule has 3 amide bonds. The monoisotopic (exact) mass is 451 g/mol. The van der Waals surface area contributed by atoms with Gasteiger partial charge in [-0.3, -0.25) is 9.69 Å². The number of amides is 3. The molecule has 0 bridgehead atoms. The Morgan fingerprint density at radius 1 is 0.969 bits per heavy atom. The number of rotatable bonds is 7. The van der Waals surface area contributed by atoms with Crippen molar-refractivity contribution in [2.75, 3.05) is 16.8 Å². The number of carboxylic acid groups (broad SMARTS) is 1. The van der Waals surface area contributed by atoms with E-state index in [0.717, 1.165) is 10.5 Å². The summed E-state index contributed by atoms with van der Waals surface area (Å²) < 4.78 is 0. The van der Waals surface area contributed by atoms with Crippen LogP contribution in [0.2, 0.25) is 5.02 Å². The molecule has 32 heavy (non-hydrogen) atoms. The van der Waals surface area contributed by atoms with Gasteiger partial charge in [0.05, 0.1) is 6.54 Å². The minimum Gasteiger partial charge on any atom is -0.479 e. The summed E-state index contributed by atoms with van der Waals surface area (Å²) in [4.78, 5) is 38.7. The van der Waals surface area contributed by atoms with Crippen LogP contribution in [0.25, 0.3) is 0 Å². The summed E-state index contributed by atoms with van der Waals surface area (Å²) >= 11 is 5.93. The molecule has 0 aliphatic rings. The molecule has 3 aromatic carbocycles. The summed E-state index contributed by atoms with van der Waals surface area (Å²) in [7, 11) is 0. The highest BCUT2D eigenvalue weighted by atomic mass is 35.5. The molecule has 1 unspecified atom stereocenters. The molecule has 164 valence electrons. The van der Waals surface area contributed by atoms with Crippen molar-refractivity contribution in [3.8, 4) is 0 Å². The van der Waals surface area contributed by atoms with Crippen molar-refractivity contribution in [1.82, 2.24) is 5.32 Å². The number of aryl methyl sites for hydroxylation is 1. The maximum atomic E-state index is 13.1. The van der Waals surface area contributed by atoms with E-state index in [1.807, 2.05) is 13.0 Å². The van der Waals surface area contributed by atoms with Crippen molar-refractivity contribution >= 4 is 40.9 Å². The predicted molar refractivity (Wildman–Crippen MR) is 124 cm³/mol. The third-order valence-corrected chi connectivity index (χ3v) is 4.91. The first-order valence-electron chi connectivity index (χ1n) is 9.82. The Labute approximate surface area is 190 Å². The molecule has 8 heteroatoms. The van der Waals surface area contributed by atoms with Crippen molar-refractivity contribution in [3.05, 3.63) is 95.0 Å². The zero-order valence-electron chi connectivity index (χ0n) is 17.3. The van der Waals surface area contributed by atoms with Crippen LogP contribution in [0.1, 0.15) is 17.2 Å². The largest absolute Gasteiger partial charge is 0.479 e. The van der Waals surface area contributed by atoms with Gasteiger partial charge in [0.25, 0.3) is 0 Å². The number of hydrogen-bond acceptors (Lipinski definition) is 3. The van der Waals surface area contributed by atoms with Crippen LogP contribution >= 0.6 is 11.6 Å². The fraction of sp³-hybridized carbons (Fsp3) is 0.125. The van der Waals surface area contributed by atoms with Gasteiger partial charge < -0.3 is 15.7 Å². The molecule has 0 fully saturated rings. The van der Waals surface area contributed by atoms with Crippen molar-refractivity contribution < 1.29 is 19.5 Å². The lowest BCUT2D eigenvalue weighted by molar-refractivity contribution is -0.140. The zero-order chi connectivity index (χ0) is 23.1. The average Bonchev–Trinajstić information content (AvgIpc) is 2.77. The van der Waals surface area contributed by atoms with Crippen LogP contribution in [0.5, 0.6) is 0 Å². The number of carbonyl (C=O) groups is 3. The first-order valence-corrected chi connectivity index (χ1v) is 10.2. The first kappa shape index (κ1) is 22.8. The molecule has 0 spiro atoms. The van der Waals surface area contributed by atoms with Gasteiger partial charge in [0, 0.05) is 16.4 Å². The number of aliphatic carboxylic acids is 1. The van der Waals surface area contributed by atoms with E-state index in [0.29, 0.717) is 22.0 Å². The third-order valence-electron chi connectivity index (χ3n) is 4.66. The van der Waals surface area contributed by atoms with E-state index in [4.69, 9.17) is 11.6 Å². The van der Waals surface area contributed by atoms with Crippen LogP contribution in [-0.2, 0) is 9.59 Å². The highest BCUT2D eigenvalue weighted by Gasteiger charge is 2.32. The Morgan fingerprint density at radius 3 is 2.28 bits per heavy atom. The Kier molecular flexibility index (Phi) is 7.46. The molecule has 0 saturated heterocycles. The van der Waals surface area contributed by atoms with E-state index in [1.54, 1.807) is 72.8 Å². The van der Waals surface area contributed by atoms with Crippen molar-refractivity contribution in [2.45, 2.75) is 13.0 Å². The standard InChI is InChI=1S/C24H22ClN3O4/c1-16-6-5-7-19(14-16)27-24(32)26-15-21(29)28(20-8-3-2-4-9-20)22(23(30)31)17-10-12-18(25)13-11-17/h2-14,22H,15H2,1H3,(H,30,31)(H2,26,27,32). The van der Waals surface area contributed by atoms with E-state index < -0.39 is 30.5 Å². The van der Waals surface area contributed by atoms with E-state index in [9.17, 15) is 19.5 Å². The summed E-state index contributed by atoms with van der Waals surface area (Å²) in [5, 5.41) is 15.6. The maximum Gasteiger partial charge on any atom is 0.331 e. The molecule has 0 heterocycles. The normalized spacial score (nSPS) is 11.3. The van der Waals surface area contributed by atoms with Crippen LogP contribution in [0.4, 0.5) is 16.2 Å². The topological polar surface area (TPSA) is 98.7 Å². The number of nitrogens with one attached hydrogen (secondary N) is 2. The van der Waals surface area contributed by atoms with E-state index in [-0.39, 0.29) is 0 Å². The van der Waals surface area contributed by atoms with Crippen molar-refractivity contribution in [3.63, 3.8) is 0 Å². The first-order chi connectivity index (χ1) is 15.3. The Hall–Kier alpha value is -3.84. The second kappa shape index (κ2) is 10.5. The number of carboxylic acids is 1. The summed E-state index contributed by atoms with van der Waals surface area (Å²) in [5.41, 5.74) is 2.32. The van der Waals surface area contributed by atoms with E-state index in [2.05, 4.69) is 10.6 Å².